The van der Waals surface area contributed by atoms with Crippen molar-refractivity contribution in [1.29, 1.82) is 0 Å². The second-order valence-corrected chi connectivity index (χ2v) is 2.63. The van der Waals surface area contributed by atoms with E-state index in [-0.39, 0.29) is 26.4 Å². The predicted octanol–water partition coefficient (Wildman–Crippen LogP) is 0.266. The molecule has 92 valence electrons. The molecule has 0 radical (unpaired) electrons. The van der Waals surface area contributed by atoms with E-state index in [1.54, 1.807) is 0 Å². The molecule has 0 saturated heterocycles. The van der Waals surface area contributed by atoms with E-state index in [1.165, 1.54) is 13.8 Å². The van der Waals surface area contributed by atoms with Crippen LogP contribution in [0, 0.1) is 0 Å². The molecule has 0 bridgehead atoms. The molecule has 7 nitrogen and oxygen atoms in total. The second-order valence-electron chi connectivity index (χ2n) is 2.63. The zero-order valence-electron chi connectivity index (χ0n) is 9.19. The van der Waals surface area contributed by atoms with Gasteiger partial charge in [-0.2, -0.15) is 0 Å². The van der Waals surface area contributed by atoms with Crippen LogP contribution in [0.3, 0.4) is 0 Å². The number of carbonyl (C=O) groups excluding carboxylic acids is 3. The summed E-state index contributed by atoms with van der Waals surface area (Å²) in [6, 6.07) is 0. The van der Waals surface area contributed by atoms with Gasteiger partial charge in [-0.05, 0) is 0 Å². The van der Waals surface area contributed by atoms with Crippen molar-refractivity contribution in [1.82, 2.24) is 0 Å². The topological polar surface area (TPSA) is 88.1 Å². The maximum Gasteiger partial charge on any atom is 0.508 e. The Morgan fingerprint density at radius 3 is 1.31 bits per heavy atom. The molecule has 0 saturated carbocycles. The van der Waals surface area contributed by atoms with Crippen LogP contribution in [0.2, 0.25) is 0 Å². The SMILES string of the molecule is CC(=O)OCCOC(=O)OCCOC(C)=O. The summed E-state index contributed by atoms with van der Waals surface area (Å²) in [7, 11) is 0. The fourth-order valence-electron chi connectivity index (χ4n) is 0.662. The summed E-state index contributed by atoms with van der Waals surface area (Å²) >= 11 is 0. The van der Waals surface area contributed by atoms with Crippen LogP contribution >= 0.6 is 0 Å². The van der Waals surface area contributed by atoms with E-state index >= 15 is 0 Å². The lowest BCUT2D eigenvalue weighted by molar-refractivity contribution is -0.142. The van der Waals surface area contributed by atoms with Gasteiger partial charge in [0.2, 0.25) is 0 Å². The van der Waals surface area contributed by atoms with Gasteiger partial charge in [0.25, 0.3) is 0 Å². The van der Waals surface area contributed by atoms with E-state index in [2.05, 4.69) is 18.9 Å². The van der Waals surface area contributed by atoms with Crippen LogP contribution in [0.5, 0.6) is 0 Å². The Bertz CT molecular complexity index is 224. The average molecular weight is 234 g/mol. The van der Waals surface area contributed by atoms with E-state index in [9.17, 15) is 14.4 Å². The van der Waals surface area contributed by atoms with Crippen molar-refractivity contribution in [2.75, 3.05) is 26.4 Å². The number of hydrogen-bond donors (Lipinski definition) is 0. The first-order chi connectivity index (χ1) is 7.52. The zero-order valence-corrected chi connectivity index (χ0v) is 9.19. The van der Waals surface area contributed by atoms with Gasteiger partial charge in [-0.25, -0.2) is 4.79 Å². The highest BCUT2D eigenvalue weighted by Gasteiger charge is 2.04. The highest BCUT2D eigenvalue weighted by atomic mass is 16.7. The van der Waals surface area contributed by atoms with Crippen LogP contribution < -0.4 is 0 Å². The minimum absolute atomic E-state index is 0.0195. The lowest BCUT2D eigenvalue weighted by Gasteiger charge is -2.06. The van der Waals surface area contributed by atoms with E-state index < -0.39 is 18.1 Å². The van der Waals surface area contributed by atoms with Gasteiger partial charge in [0, 0.05) is 13.8 Å². The Balaban J connectivity index is 3.31. The van der Waals surface area contributed by atoms with Crippen molar-refractivity contribution in [3.8, 4) is 0 Å². The molecule has 16 heavy (non-hydrogen) atoms. The molecule has 0 heterocycles. The molecule has 0 aliphatic rings. The molecule has 0 rings (SSSR count). The van der Waals surface area contributed by atoms with Crippen molar-refractivity contribution < 1.29 is 33.3 Å². The lowest BCUT2D eigenvalue weighted by Crippen LogP contribution is -2.16. The molecular weight excluding hydrogens is 220 g/mol. The smallest absolute Gasteiger partial charge is 0.462 e. The van der Waals surface area contributed by atoms with Crippen LogP contribution in [0.4, 0.5) is 4.79 Å². The van der Waals surface area contributed by atoms with Gasteiger partial charge in [0.1, 0.15) is 26.4 Å². The molecule has 0 atom stereocenters. The third kappa shape index (κ3) is 10.3. The normalized spacial score (nSPS) is 9.12. The monoisotopic (exact) mass is 234 g/mol. The summed E-state index contributed by atoms with van der Waals surface area (Å²) < 4.78 is 18.1. The van der Waals surface area contributed by atoms with Gasteiger partial charge >= 0.3 is 18.1 Å². The lowest BCUT2D eigenvalue weighted by atomic mass is 10.7. The summed E-state index contributed by atoms with van der Waals surface area (Å²) in [5.41, 5.74) is 0. The van der Waals surface area contributed by atoms with E-state index in [0.717, 1.165) is 0 Å². The van der Waals surface area contributed by atoms with Crippen LogP contribution in [0.25, 0.3) is 0 Å². The molecule has 0 amide bonds. The van der Waals surface area contributed by atoms with E-state index in [0.29, 0.717) is 0 Å². The summed E-state index contributed by atoms with van der Waals surface area (Å²) in [5.74, 6) is -0.904. The van der Waals surface area contributed by atoms with Crippen molar-refractivity contribution in [2.45, 2.75) is 13.8 Å². The molecule has 0 aromatic carbocycles. The minimum atomic E-state index is -0.903. The fourth-order valence-corrected chi connectivity index (χ4v) is 0.662. The Morgan fingerprint density at radius 1 is 0.688 bits per heavy atom. The standard InChI is InChI=1S/C9H14O7/c1-7(10)13-3-5-15-9(12)16-6-4-14-8(2)11/h3-6H2,1-2H3. The van der Waals surface area contributed by atoms with E-state index in [1.807, 2.05) is 0 Å². The fraction of sp³-hybridized carbons (Fsp3) is 0.667. The second kappa shape index (κ2) is 8.51. The Morgan fingerprint density at radius 2 is 1.00 bits per heavy atom. The first kappa shape index (κ1) is 14.2. The van der Waals surface area contributed by atoms with Gasteiger partial charge in [-0.3, -0.25) is 9.59 Å². The maximum absolute atomic E-state index is 10.8. The van der Waals surface area contributed by atoms with Crippen LogP contribution in [-0.2, 0) is 28.5 Å². The number of ether oxygens (including phenoxy) is 4. The van der Waals surface area contributed by atoms with Gasteiger partial charge in [0.05, 0.1) is 0 Å². The molecular formula is C9H14O7. The van der Waals surface area contributed by atoms with Gasteiger partial charge in [0.15, 0.2) is 0 Å². The first-order valence-electron chi connectivity index (χ1n) is 4.58. The third-order valence-corrected chi connectivity index (χ3v) is 1.22. The molecule has 0 unspecified atom stereocenters. The third-order valence-electron chi connectivity index (χ3n) is 1.22. The van der Waals surface area contributed by atoms with Crippen molar-refractivity contribution >= 4 is 18.1 Å². The minimum Gasteiger partial charge on any atom is -0.462 e. The number of esters is 2. The summed E-state index contributed by atoms with van der Waals surface area (Å²) in [6.45, 7) is 2.30. The molecule has 0 aliphatic carbocycles. The Labute approximate surface area is 92.6 Å². The maximum atomic E-state index is 10.8. The van der Waals surface area contributed by atoms with Gasteiger partial charge in [-0.15, -0.1) is 0 Å². The Hall–Kier alpha value is -1.79. The summed E-state index contributed by atoms with van der Waals surface area (Å²) in [4.78, 5) is 31.4. The van der Waals surface area contributed by atoms with Crippen molar-refractivity contribution in [3.05, 3.63) is 0 Å². The number of carbonyl (C=O) groups is 3. The largest absolute Gasteiger partial charge is 0.508 e. The molecule has 0 N–H and O–H groups in total. The molecule has 0 aromatic rings. The molecule has 7 heteroatoms. The van der Waals surface area contributed by atoms with E-state index in [4.69, 9.17) is 0 Å². The Kier molecular flexibility index (Phi) is 7.56. The number of rotatable bonds is 6. The molecule has 0 aliphatic heterocycles. The number of hydrogen-bond acceptors (Lipinski definition) is 7. The van der Waals surface area contributed by atoms with Crippen molar-refractivity contribution in [2.24, 2.45) is 0 Å². The average Bonchev–Trinajstić information content (AvgIpc) is 2.19. The first-order valence-corrected chi connectivity index (χ1v) is 4.58. The van der Waals surface area contributed by atoms with Crippen molar-refractivity contribution in [3.63, 3.8) is 0 Å². The highest BCUT2D eigenvalue weighted by molar-refractivity contribution is 5.66. The highest BCUT2D eigenvalue weighted by Crippen LogP contribution is 1.87. The quantitative estimate of drug-likeness (QED) is 0.370. The van der Waals surface area contributed by atoms with Crippen LogP contribution in [0.15, 0.2) is 0 Å². The van der Waals surface area contributed by atoms with Crippen LogP contribution in [-0.4, -0.2) is 44.5 Å². The van der Waals surface area contributed by atoms with Gasteiger partial charge in [-0.1, -0.05) is 0 Å². The zero-order chi connectivity index (χ0) is 12.4. The molecule has 0 aromatic heterocycles. The predicted molar refractivity (Wildman–Crippen MR) is 50.6 cm³/mol. The summed E-state index contributed by atoms with van der Waals surface area (Å²) in [5, 5.41) is 0. The van der Waals surface area contributed by atoms with Crippen LogP contribution in [0.1, 0.15) is 13.8 Å². The summed E-state index contributed by atoms with van der Waals surface area (Å²) in [6.07, 6.45) is -0.903. The molecule has 0 spiro atoms. The van der Waals surface area contributed by atoms with Gasteiger partial charge < -0.3 is 18.9 Å². The molecule has 0 fully saturated rings.